The van der Waals surface area contributed by atoms with Gasteiger partial charge in [0.1, 0.15) is 18.4 Å². The number of rotatable bonds is 10. The van der Waals surface area contributed by atoms with Crippen molar-refractivity contribution in [3.05, 3.63) is 76.0 Å². The first-order valence-corrected chi connectivity index (χ1v) is 10.3. The molecule has 0 fully saturated rings. The molecule has 0 aliphatic rings. The molecule has 0 bridgehead atoms. The van der Waals surface area contributed by atoms with Crippen LogP contribution >= 0.6 is 11.3 Å². The second-order valence-electron chi connectivity index (χ2n) is 6.85. The highest BCUT2D eigenvalue weighted by molar-refractivity contribution is 7.12. The van der Waals surface area contributed by atoms with Crippen molar-refractivity contribution in [2.45, 2.75) is 32.5 Å². The van der Waals surface area contributed by atoms with Crippen LogP contribution in [0.1, 0.15) is 21.7 Å². The number of benzene rings is 2. The van der Waals surface area contributed by atoms with Gasteiger partial charge in [0.2, 0.25) is 0 Å². The molecule has 0 saturated heterocycles. The van der Waals surface area contributed by atoms with Gasteiger partial charge in [-0.05, 0) is 41.8 Å². The van der Waals surface area contributed by atoms with Gasteiger partial charge in [0.25, 0.3) is 0 Å². The number of thiophene rings is 1. The molecule has 3 rings (SSSR count). The number of hydrogen-bond donors (Lipinski definition) is 3. The minimum absolute atomic E-state index is 0.259. The first-order valence-electron chi connectivity index (χ1n) is 9.47. The Morgan fingerprint density at radius 1 is 1.07 bits per heavy atom. The Bertz CT molecular complexity index is 998. The van der Waals surface area contributed by atoms with Crippen molar-refractivity contribution in [2.75, 3.05) is 0 Å². The summed E-state index contributed by atoms with van der Waals surface area (Å²) in [6.07, 6.45) is -0.471. The Balaban J connectivity index is 1.55. The lowest BCUT2D eigenvalue weighted by atomic mass is 10.1. The Morgan fingerprint density at radius 3 is 2.40 bits per heavy atom. The second kappa shape index (κ2) is 10.0. The molecule has 1 aromatic heterocycles. The number of nitrogens with one attached hydrogen (secondary N) is 1. The Hall–Kier alpha value is -3.16. The molecule has 0 aliphatic heterocycles. The third kappa shape index (κ3) is 5.92. The van der Waals surface area contributed by atoms with E-state index in [2.05, 4.69) is 30.4 Å². The van der Waals surface area contributed by atoms with E-state index in [1.165, 1.54) is 16.0 Å². The first kappa shape index (κ1) is 21.5. The predicted molar refractivity (Wildman–Crippen MR) is 116 cm³/mol. The number of carbonyl (C=O) groups is 2. The lowest BCUT2D eigenvalue weighted by Gasteiger charge is -2.12. The van der Waals surface area contributed by atoms with E-state index in [-0.39, 0.29) is 6.54 Å². The number of carboxylic acids is 2. The number of ether oxygens (including phenoxy) is 1. The average Bonchev–Trinajstić information content (AvgIpc) is 3.11. The topological polar surface area (TPSA) is 95.9 Å². The minimum atomic E-state index is -1.18. The van der Waals surface area contributed by atoms with E-state index < -0.39 is 24.4 Å². The van der Waals surface area contributed by atoms with E-state index >= 15 is 0 Å². The summed E-state index contributed by atoms with van der Waals surface area (Å²) < 4.78 is 5.89. The largest absolute Gasteiger partial charge is 0.488 e. The zero-order valence-corrected chi connectivity index (χ0v) is 17.3. The number of aryl methyl sites for hydroxylation is 1. The molecule has 0 aliphatic carbocycles. The van der Waals surface area contributed by atoms with Crippen molar-refractivity contribution in [2.24, 2.45) is 0 Å². The van der Waals surface area contributed by atoms with Gasteiger partial charge in [-0.2, -0.15) is 0 Å². The predicted octanol–water partition coefficient (Wildman–Crippen LogP) is 4.32. The Morgan fingerprint density at radius 2 is 1.77 bits per heavy atom. The van der Waals surface area contributed by atoms with Crippen molar-refractivity contribution in [1.82, 2.24) is 5.32 Å². The lowest BCUT2D eigenvalue weighted by Crippen LogP contribution is -2.38. The third-order valence-electron chi connectivity index (χ3n) is 4.59. The van der Waals surface area contributed by atoms with Crippen molar-refractivity contribution in [3.63, 3.8) is 0 Å². The Kier molecular flexibility index (Phi) is 7.21. The fraction of sp³-hybridized carbons (Fsp3) is 0.217. The molecule has 7 heteroatoms. The molecule has 0 radical (unpaired) electrons. The summed E-state index contributed by atoms with van der Waals surface area (Å²) in [7, 11) is 0. The SMILES string of the molecule is Cc1sc(COc2ccc(CN[C@H](CC(=O)O)C(=O)O)cc2)cc1-c1ccccc1. The van der Waals surface area contributed by atoms with Gasteiger partial charge in [-0.15, -0.1) is 11.3 Å². The van der Waals surface area contributed by atoms with Crippen LogP contribution in [0, 0.1) is 6.92 Å². The number of carboxylic acid groups (broad SMARTS) is 2. The normalized spacial score (nSPS) is 11.8. The fourth-order valence-corrected chi connectivity index (χ4v) is 4.01. The molecule has 1 heterocycles. The van der Waals surface area contributed by atoms with Gasteiger partial charge in [-0.25, -0.2) is 0 Å². The monoisotopic (exact) mass is 425 g/mol. The van der Waals surface area contributed by atoms with Crippen molar-refractivity contribution in [3.8, 4) is 16.9 Å². The van der Waals surface area contributed by atoms with Crippen LogP contribution in [0.25, 0.3) is 11.1 Å². The van der Waals surface area contributed by atoms with Crippen LogP contribution in [0.15, 0.2) is 60.7 Å². The molecular formula is C23H23NO5S. The number of aliphatic carboxylic acids is 2. The van der Waals surface area contributed by atoms with E-state index in [1.54, 1.807) is 11.3 Å². The zero-order chi connectivity index (χ0) is 21.5. The van der Waals surface area contributed by atoms with Crippen LogP contribution < -0.4 is 10.1 Å². The molecule has 0 amide bonds. The van der Waals surface area contributed by atoms with Crippen LogP contribution in [0.4, 0.5) is 0 Å². The molecule has 1 atom stereocenters. The highest BCUT2D eigenvalue weighted by Gasteiger charge is 2.20. The van der Waals surface area contributed by atoms with Crippen LogP contribution in [-0.2, 0) is 22.7 Å². The summed E-state index contributed by atoms with van der Waals surface area (Å²) in [5, 5.41) is 20.6. The fourth-order valence-electron chi connectivity index (χ4n) is 3.04. The van der Waals surface area contributed by atoms with Gasteiger partial charge >= 0.3 is 11.9 Å². The van der Waals surface area contributed by atoms with Crippen molar-refractivity contribution >= 4 is 23.3 Å². The van der Waals surface area contributed by atoms with Gasteiger partial charge in [-0.3, -0.25) is 14.9 Å². The average molecular weight is 426 g/mol. The summed E-state index contributed by atoms with van der Waals surface area (Å²) in [5.74, 6) is -1.62. The van der Waals surface area contributed by atoms with E-state index in [0.29, 0.717) is 12.4 Å². The number of hydrogen-bond acceptors (Lipinski definition) is 5. The molecule has 0 spiro atoms. The summed E-state index contributed by atoms with van der Waals surface area (Å²) in [4.78, 5) is 24.2. The quantitative estimate of drug-likeness (QED) is 0.448. The molecule has 2 aromatic carbocycles. The van der Waals surface area contributed by atoms with E-state index in [0.717, 1.165) is 10.4 Å². The summed E-state index contributed by atoms with van der Waals surface area (Å²) in [6.45, 7) is 2.83. The molecule has 3 N–H and O–H groups in total. The molecule has 0 saturated carbocycles. The smallest absolute Gasteiger partial charge is 0.321 e. The highest BCUT2D eigenvalue weighted by atomic mass is 32.1. The molecule has 156 valence electrons. The first-order chi connectivity index (χ1) is 14.4. The zero-order valence-electron chi connectivity index (χ0n) is 16.5. The van der Waals surface area contributed by atoms with Crippen LogP contribution in [0.3, 0.4) is 0 Å². The summed E-state index contributed by atoms with van der Waals surface area (Å²) >= 11 is 1.71. The third-order valence-corrected chi connectivity index (χ3v) is 5.61. The maximum absolute atomic E-state index is 11.1. The van der Waals surface area contributed by atoms with Gasteiger partial charge in [0.05, 0.1) is 6.42 Å². The lowest BCUT2D eigenvalue weighted by molar-refractivity contribution is -0.146. The van der Waals surface area contributed by atoms with Gasteiger partial charge in [-0.1, -0.05) is 42.5 Å². The molecular weight excluding hydrogens is 402 g/mol. The molecule has 3 aromatic rings. The highest BCUT2D eigenvalue weighted by Crippen LogP contribution is 2.31. The molecule has 0 unspecified atom stereocenters. The summed E-state index contributed by atoms with van der Waals surface area (Å²) in [6, 6.07) is 18.6. The summed E-state index contributed by atoms with van der Waals surface area (Å²) in [5.41, 5.74) is 3.25. The van der Waals surface area contributed by atoms with Gasteiger partial charge in [0.15, 0.2) is 0 Å². The standard InChI is InChI=1S/C23H23NO5S/c1-15-20(17-5-3-2-4-6-17)11-19(30-15)14-29-18-9-7-16(8-10-18)13-24-21(23(27)28)12-22(25)26/h2-11,21,24H,12-14H2,1H3,(H,25,26)(H,27,28)/t21-/m1/s1. The maximum atomic E-state index is 11.1. The van der Waals surface area contributed by atoms with Crippen LogP contribution in [0.5, 0.6) is 5.75 Å². The van der Waals surface area contributed by atoms with Crippen LogP contribution in [0.2, 0.25) is 0 Å². The minimum Gasteiger partial charge on any atom is -0.488 e. The molecule has 30 heavy (non-hydrogen) atoms. The van der Waals surface area contributed by atoms with Crippen LogP contribution in [-0.4, -0.2) is 28.2 Å². The maximum Gasteiger partial charge on any atom is 0.321 e. The second-order valence-corrected chi connectivity index (χ2v) is 8.19. The Labute approximate surface area is 178 Å². The van der Waals surface area contributed by atoms with Gasteiger partial charge in [0, 0.05) is 16.3 Å². The van der Waals surface area contributed by atoms with E-state index in [9.17, 15) is 9.59 Å². The van der Waals surface area contributed by atoms with Gasteiger partial charge < -0.3 is 14.9 Å². The van der Waals surface area contributed by atoms with Crippen molar-refractivity contribution < 1.29 is 24.5 Å². The molecule has 6 nitrogen and oxygen atoms in total. The van der Waals surface area contributed by atoms with Crippen molar-refractivity contribution in [1.29, 1.82) is 0 Å². The van der Waals surface area contributed by atoms with E-state index in [4.69, 9.17) is 14.9 Å². The van der Waals surface area contributed by atoms with E-state index in [1.807, 2.05) is 42.5 Å².